The van der Waals surface area contributed by atoms with Crippen molar-refractivity contribution in [3.63, 3.8) is 0 Å². The molecule has 0 aliphatic heterocycles. The molecular formula is C22H21F3N2O4S. The smallest absolute Gasteiger partial charge is 0.391 e. The first-order valence-corrected chi connectivity index (χ1v) is 11.5. The molecule has 32 heavy (non-hydrogen) atoms. The van der Waals surface area contributed by atoms with Crippen LogP contribution in [0.5, 0.6) is 11.6 Å². The van der Waals surface area contributed by atoms with E-state index in [1.807, 2.05) is 6.92 Å². The molecule has 1 fully saturated rings. The number of aryl methyl sites for hydroxylation is 1. The van der Waals surface area contributed by atoms with Crippen molar-refractivity contribution in [2.75, 3.05) is 0 Å². The van der Waals surface area contributed by atoms with Gasteiger partial charge in [0, 0.05) is 6.20 Å². The molecule has 2 aromatic heterocycles. The molecule has 10 heteroatoms. The fourth-order valence-electron chi connectivity index (χ4n) is 3.72. The Morgan fingerprint density at radius 3 is 2.34 bits per heavy atom. The number of alkyl halides is 3. The van der Waals surface area contributed by atoms with E-state index in [1.165, 1.54) is 24.5 Å². The van der Waals surface area contributed by atoms with Crippen LogP contribution in [0.2, 0.25) is 0 Å². The Kier molecular flexibility index (Phi) is 5.98. The lowest BCUT2D eigenvalue weighted by molar-refractivity contribution is -0.185. The monoisotopic (exact) mass is 466 g/mol. The van der Waals surface area contributed by atoms with Crippen molar-refractivity contribution < 1.29 is 30.5 Å². The lowest BCUT2D eigenvalue weighted by Gasteiger charge is -2.30. The first-order valence-electron chi connectivity index (χ1n) is 10.1. The summed E-state index contributed by atoms with van der Waals surface area (Å²) in [5.41, 5.74) is 1.23. The van der Waals surface area contributed by atoms with Gasteiger partial charge in [0.15, 0.2) is 5.75 Å². The van der Waals surface area contributed by atoms with Crippen LogP contribution in [0.1, 0.15) is 31.2 Å². The molecular weight excluding hydrogens is 445 g/mol. The average Bonchev–Trinajstić information content (AvgIpc) is 2.75. The van der Waals surface area contributed by atoms with E-state index >= 15 is 0 Å². The predicted molar refractivity (Wildman–Crippen MR) is 111 cm³/mol. The second-order valence-electron chi connectivity index (χ2n) is 7.81. The van der Waals surface area contributed by atoms with Crippen molar-refractivity contribution in [2.24, 2.45) is 5.92 Å². The maximum Gasteiger partial charge on any atom is 0.391 e. The lowest BCUT2D eigenvalue weighted by atomic mass is 9.87. The maximum atomic E-state index is 12.9. The molecule has 0 atom stereocenters. The van der Waals surface area contributed by atoms with Crippen LogP contribution in [0.4, 0.5) is 13.2 Å². The minimum Gasteiger partial charge on any atom is -0.487 e. The SMILES string of the molecule is Cc1ccc(S(=O)(=O)Oc2ncc(OC3CCC(C(F)(F)F)CC3)c3ncccc23)cc1. The van der Waals surface area contributed by atoms with E-state index in [0.717, 1.165) is 5.56 Å². The molecule has 0 unspecified atom stereocenters. The second kappa shape index (κ2) is 8.57. The van der Waals surface area contributed by atoms with Crippen molar-refractivity contribution >= 4 is 21.0 Å². The molecule has 2 heterocycles. The summed E-state index contributed by atoms with van der Waals surface area (Å²) < 4.78 is 75.2. The van der Waals surface area contributed by atoms with Gasteiger partial charge in [-0.2, -0.15) is 21.6 Å². The molecule has 0 bridgehead atoms. The Labute approximate surface area is 183 Å². The summed E-state index contributed by atoms with van der Waals surface area (Å²) in [6.07, 6.45) is -1.26. The van der Waals surface area contributed by atoms with E-state index in [4.69, 9.17) is 8.92 Å². The second-order valence-corrected chi connectivity index (χ2v) is 9.36. The quantitative estimate of drug-likeness (QED) is 0.481. The molecule has 3 aromatic rings. The summed E-state index contributed by atoms with van der Waals surface area (Å²) in [6.45, 7) is 1.84. The highest BCUT2D eigenvalue weighted by molar-refractivity contribution is 7.87. The van der Waals surface area contributed by atoms with E-state index in [1.54, 1.807) is 24.3 Å². The normalized spacial score (nSPS) is 19.6. The number of halogens is 3. The molecule has 1 saturated carbocycles. The Hall–Kier alpha value is -2.88. The Bertz CT molecular complexity index is 1210. The zero-order valence-corrected chi connectivity index (χ0v) is 18.0. The molecule has 0 saturated heterocycles. The highest BCUT2D eigenvalue weighted by Crippen LogP contribution is 2.39. The molecule has 0 amide bonds. The van der Waals surface area contributed by atoms with Gasteiger partial charge in [0.05, 0.1) is 23.6 Å². The van der Waals surface area contributed by atoms with Crippen LogP contribution in [-0.2, 0) is 10.1 Å². The summed E-state index contributed by atoms with van der Waals surface area (Å²) in [4.78, 5) is 8.35. The summed E-state index contributed by atoms with van der Waals surface area (Å²) in [5.74, 6) is -1.18. The van der Waals surface area contributed by atoms with Gasteiger partial charge in [0.2, 0.25) is 5.88 Å². The van der Waals surface area contributed by atoms with Gasteiger partial charge in [0.25, 0.3) is 0 Å². The van der Waals surface area contributed by atoms with Crippen molar-refractivity contribution in [3.8, 4) is 11.6 Å². The van der Waals surface area contributed by atoms with Gasteiger partial charge in [-0.25, -0.2) is 4.98 Å². The number of fused-ring (bicyclic) bond motifs is 1. The number of rotatable bonds is 5. The molecule has 170 valence electrons. The van der Waals surface area contributed by atoms with Crippen LogP contribution >= 0.6 is 0 Å². The van der Waals surface area contributed by atoms with Crippen LogP contribution in [-0.4, -0.2) is 30.7 Å². The van der Waals surface area contributed by atoms with Crippen LogP contribution in [0.15, 0.2) is 53.7 Å². The third-order valence-corrected chi connectivity index (χ3v) is 6.73. The summed E-state index contributed by atoms with van der Waals surface area (Å²) in [5, 5.41) is 0.324. The highest BCUT2D eigenvalue weighted by Gasteiger charge is 2.41. The third kappa shape index (κ3) is 4.79. The predicted octanol–water partition coefficient (Wildman–Crippen LogP) is 5.21. The van der Waals surface area contributed by atoms with Crippen LogP contribution < -0.4 is 8.92 Å². The van der Waals surface area contributed by atoms with E-state index in [9.17, 15) is 21.6 Å². The summed E-state index contributed by atoms with van der Waals surface area (Å²) in [7, 11) is -4.12. The molecule has 1 aromatic carbocycles. The standard InChI is InChI=1S/C22H21F3N2O4S/c1-14-4-10-17(11-5-14)32(28,29)31-21-18-3-2-12-26-20(18)19(13-27-21)30-16-8-6-15(7-9-16)22(23,24)25/h2-5,10-13,15-16H,6-9H2,1H3. The number of nitrogens with zero attached hydrogens (tertiary/aromatic N) is 2. The lowest BCUT2D eigenvalue weighted by Crippen LogP contribution is -2.31. The molecule has 1 aliphatic rings. The van der Waals surface area contributed by atoms with Gasteiger partial charge >= 0.3 is 16.3 Å². The Morgan fingerprint density at radius 2 is 1.69 bits per heavy atom. The number of hydrogen-bond acceptors (Lipinski definition) is 6. The first-order chi connectivity index (χ1) is 15.1. The number of ether oxygens (including phenoxy) is 1. The van der Waals surface area contributed by atoms with Crippen molar-refractivity contribution in [2.45, 2.75) is 49.8 Å². The maximum absolute atomic E-state index is 12.9. The summed E-state index contributed by atoms with van der Waals surface area (Å²) >= 11 is 0. The van der Waals surface area contributed by atoms with Gasteiger partial charge in [-0.1, -0.05) is 17.7 Å². The van der Waals surface area contributed by atoms with Crippen LogP contribution in [0, 0.1) is 12.8 Å². The van der Waals surface area contributed by atoms with Crippen LogP contribution in [0.25, 0.3) is 10.9 Å². The average molecular weight is 466 g/mol. The van der Waals surface area contributed by atoms with Gasteiger partial charge in [-0.15, -0.1) is 0 Å². The zero-order chi connectivity index (χ0) is 22.9. The van der Waals surface area contributed by atoms with Gasteiger partial charge in [-0.3, -0.25) is 4.98 Å². The van der Waals surface area contributed by atoms with Crippen molar-refractivity contribution in [3.05, 3.63) is 54.4 Å². The Morgan fingerprint density at radius 1 is 1.00 bits per heavy atom. The molecule has 0 radical (unpaired) electrons. The minimum absolute atomic E-state index is 0.00292. The fraction of sp³-hybridized carbons (Fsp3) is 0.364. The minimum atomic E-state index is -4.19. The largest absolute Gasteiger partial charge is 0.487 e. The highest BCUT2D eigenvalue weighted by atomic mass is 32.2. The molecule has 6 nitrogen and oxygen atoms in total. The van der Waals surface area contributed by atoms with E-state index in [2.05, 4.69) is 9.97 Å². The number of hydrogen-bond donors (Lipinski definition) is 0. The van der Waals surface area contributed by atoms with E-state index in [0.29, 0.717) is 10.9 Å². The number of benzene rings is 1. The van der Waals surface area contributed by atoms with E-state index < -0.39 is 28.3 Å². The fourth-order valence-corrected chi connectivity index (χ4v) is 4.63. The van der Waals surface area contributed by atoms with Gasteiger partial charge < -0.3 is 8.92 Å². The van der Waals surface area contributed by atoms with Gasteiger partial charge in [-0.05, 0) is 56.9 Å². The van der Waals surface area contributed by atoms with Gasteiger partial charge in [0.1, 0.15) is 10.4 Å². The number of aromatic nitrogens is 2. The Balaban J connectivity index is 1.56. The third-order valence-electron chi connectivity index (χ3n) is 5.50. The van der Waals surface area contributed by atoms with E-state index in [-0.39, 0.29) is 42.2 Å². The molecule has 0 N–H and O–H groups in total. The molecule has 1 aliphatic carbocycles. The molecule has 4 rings (SSSR count). The van der Waals surface area contributed by atoms with Crippen molar-refractivity contribution in [1.82, 2.24) is 9.97 Å². The van der Waals surface area contributed by atoms with Crippen LogP contribution in [0.3, 0.4) is 0 Å². The molecule has 0 spiro atoms. The number of pyridine rings is 2. The van der Waals surface area contributed by atoms with Crippen molar-refractivity contribution in [1.29, 1.82) is 0 Å². The summed E-state index contributed by atoms with van der Waals surface area (Å²) in [6, 6.07) is 9.41. The first kappa shape index (κ1) is 22.3. The zero-order valence-electron chi connectivity index (χ0n) is 17.2. The topological polar surface area (TPSA) is 78.4 Å².